The van der Waals surface area contributed by atoms with E-state index in [9.17, 15) is 9.59 Å². The molecule has 2 aromatic carbocycles. The van der Waals surface area contributed by atoms with Gasteiger partial charge in [-0.15, -0.1) is 0 Å². The SMILES string of the molecule is Cc1c(CCC(=O)O)cccc1NC(=O)[C@@H](c1ccc(-c2cncc(Cl)c2)cc1)C1CC1. The van der Waals surface area contributed by atoms with Crippen LogP contribution in [0.15, 0.2) is 60.9 Å². The molecule has 32 heavy (non-hydrogen) atoms. The molecular formula is C26H25ClN2O3. The van der Waals surface area contributed by atoms with Crippen LogP contribution < -0.4 is 5.32 Å². The maximum atomic E-state index is 13.3. The van der Waals surface area contributed by atoms with Crippen LogP contribution in [0.5, 0.6) is 0 Å². The van der Waals surface area contributed by atoms with Crippen molar-refractivity contribution in [2.24, 2.45) is 5.92 Å². The van der Waals surface area contributed by atoms with E-state index in [1.807, 2.05) is 55.5 Å². The molecule has 164 valence electrons. The third-order valence-corrected chi connectivity index (χ3v) is 6.20. The number of aryl methyl sites for hydroxylation is 1. The van der Waals surface area contributed by atoms with Gasteiger partial charge in [-0.1, -0.05) is 48.0 Å². The molecule has 1 aliphatic carbocycles. The van der Waals surface area contributed by atoms with Gasteiger partial charge in [-0.3, -0.25) is 14.6 Å². The van der Waals surface area contributed by atoms with Gasteiger partial charge in [-0.2, -0.15) is 0 Å². The highest BCUT2D eigenvalue weighted by Crippen LogP contribution is 2.43. The molecule has 1 fully saturated rings. The highest BCUT2D eigenvalue weighted by molar-refractivity contribution is 6.30. The van der Waals surface area contributed by atoms with Crippen molar-refractivity contribution >= 4 is 29.2 Å². The lowest BCUT2D eigenvalue weighted by Gasteiger charge is -2.19. The van der Waals surface area contributed by atoms with Crippen LogP contribution in [0.2, 0.25) is 5.02 Å². The van der Waals surface area contributed by atoms with Crippen LogP contribution in [-0.2, 0) is 16.0 Å². The van der Waals surface area contributed by atoms with Crippen LogP contribution >= 0.6 is 11.6 Å². The minimum atomic E-state index is -0.829. The first-order valence-corrected chi connectivity index (χ1v) is 11.1. The summed E-state index contributed by atoms with van der Waals surface area (Å²) < 4.78 is 0. The number of carbonyl (C=O) groups is 2. The third-order valence-electron chi connectivity index (χ3n) is 6.00. The van der Waals surface area contributed by atoms with Crippen LogP contribution in [-0.4, -0.2) is 22.0 Å². The van der Waals surface area contributed by atoms with Gasteiger partial charge in [0.05, 0.1) is 10.9 Å². The van der Waals surface area contributed by atoms with Gasteiger partial charge in [-0.25, -0.2) is 0 Å². The summed E-state index contributed by atoms with van der Waals surface area (Å²) in [7, 11) is 0. The van der Waals surface area contributed by atoms with Crippen molar-refractivity contribution in [2.45, 2.75) is 38.5 Å². The number of carboxylic acid groups (broad SMARTS) is 1. The predicted molar refractivity (Wildman–Crippen MR) is 126 cm³/mol. The molecule has 0 saturated heterocycles. The molecule has 1 aliphatic rings. The number of halogens is 1. The number of rotatable bonds is 8. The van der Waals surface area contributed by atoms with Crippen molar-refractivity contribution in [2.75, 3.05) is 5.32 Å². The molecule has 0 aliphatic heterocycles. The second kappa shape index (κ2) is 9.53. The topological polar surface area (TPSA) is 79.3 Å². The fourth-order valence-electron chi connectivity index (χ4n) is 4.06. The van der Waals surface area contributed by atoms with Crippen molar-refractivity contribution in [3.05, 3.63) is 82.6 Å². The number of hydrogen-bond acceptors (Lipinski definition) is 3. The van der Waals surface area contributed by atoms with Crippen molar-refractivity contribution in [3.8, 4) is 11.1 Å². The minimum Gasteiger partial charge on any atom is -0.481 e. The van der Waals surface area contributed by atoms with Crippen LogP contribution in [0.1, 0.15) is 41.9 Å². The molecule has 1 saturated carbocycles. The predicted octanol–water partition coefficient (Wildman–Crippen LogP) is 5.86. The Hall–Kier alpha value is -3.18. The normalized spacial score (nSPS) is 14.1. The molecule has 6 heteroatoms. The molecule has 3 aromatic rings. The lowest BCUT2D eigenvalue weighted by atomic mass is 9.91. The van der Waals surface area contributed by atoms with Gasteiger partial charge in [0.25, 0.3) is 0 Å². The van der Waals surface area contributed by atoms with Crippen molar-refractivity contribution in [3.63, 3.8) is 0 Å². The third kappa shape index (κ3) is 5.17. The molecule has 0 spiro atoms. The van der Waals surface area contributed by atoms with E-state index >= 15 is 0 Å². The Bertz CT molecular complexity index is 1140. The number of benzene rings is 2. The summed E-state index contributed by atoms with van der Waals surface area (Å²) in [5.41, 5.74) is 5.52. The number of hydrogen-bond donors (Lipinski definition) is 2. The molecule has 0 bridgehead atoms. The summed E-state index contributed by atoms with van der Waals surface area (Å²) in [6.07, 6.45) is 5.96. The fourth-order valence-corrected chi connectivity index (χ4v) is 4.24. The maximum absolute atomic E-state index is 13.3. The lowest BCUT2D eigenvalue weighted by Crippen LogP contribution is -2.23. The number of nitrogens with zero attached hydrogens (tertiary/aromatic N) is 1. The van der Waals surface area contributed by atoms with E-state index in [-0.39, 0.29) is 18.2 Å². The second-order valence-corrected chi connectivity index (χ2v) is 8.74. The molecule has 0 unspecified atom stereocenters. The molecule has 4 rings (SSSR count). The van der Waals surface area contributed by atoms with E-state index in [1.165, 1.54) is 0 Å². The Morgan fingerprint density at radius 3 is 2.53 bits per heavy atom. The Kier molecular flexibility index (Phi) is 6.56. The summed E-state index contributed by atoms with van der Waals surface area (Å²) in [6, 6.07) is 15.5. The standard InChI is InChI=1S/C26H25ClN2O3/c1-16-17(11-12-24(30)31)3-2-4-23(16)29-26(32)25(20-9-10-20)19-7-5-18(6-8-19)21-13-22(27)15-28-14-21/h2-8,13-15,20,25H,9-12H2,1H3,(H,29,32)(H,30,31)/t25-/m0/s1. The number of aromatic nitrogens is 1. The van der Waals surface area contributed by atoms with Crippen LogP contribution in [0, 0.1) is 12.8 Å². The van der Waals surface area contributed by atoms with Gasteiger partial charge < -0.3 is 10.4 Å². The van der Waals surface area contributed by atoms with E-state index in [1.54, 1.807) is 12.4 Å². The first kappa shape index (κ1) is 22.0. The highest BCUT2D eigenvalue weighted by atomic mass is 35.5. The molecule has 1 amide bonds. The van der Waals surface area contributed by atoms with Gasteiger partial charge in [0.2, 0.25) is 5.91 Å². The number of pyridine rings is 1. The largest absolute Gasteiger partial charge is 0.481 e. The molecule has 1 aromatic heterocycles. The maximum Gasteiger partial charge on any atom is 0.303 e. The zero-order valence-electron chi connectivity index (χ0n) is 17.8. The number of aliphatic carboxylic acids is 1. The zero-order chi connectivity index (χ0) is 22.7. The van der Waals surface area contributed by atoms with E-state index in [0.29, 0.717) is 17.4 Å². The first-order valence-electron chi connectivity index (χ1n) is 10.7. The van der Waals surface area contributed by atoms with E-state index < -0.39 is 5.97 Å². The van der Waals surface area contributed by atoms with Crippen molar-refractivity contribution in [1.29, 1.82) is 0 Å². The summed E-state index contributed by atoms with van der Waals surface area (Å²) in [5.74, 6) is -0.736. The number of amides is 1. The van der Waals surface area contributed by atoms with Gasteiger partial charge in [-0.05, 0) is 66.5 Å². The minimum absolute atomic E-state index is 0.0249. The summed E-state index contributed by atoms with van der Waals surface area (Å²) in [6.45, 7) is 1.92. The monoisotopic (exact) mass is 448 g/mol. The summed E-state index contributed by atoms with van der Waals surface area (Å²) >= 11 is 6.06. The van der Waals surface area contributed by atoms with Crippen molar-refractivity contribution < 1.29 is 14.7 Å². The summed E-state index contributed by atoms with van der Waals surface area (Å²) in [5, 5.41) is 12.7. The molecule has 1 heterocycles. The van der Waals surface area contributed by atoms with Gasteiger partial charge >= 0.3 is 5.97 Å². The van der Waals surface area contributed by atoms with Crippen LogP contribution in [0.25, 0.3) is 11.1 Å². The van der Waals surface area contributed by atoms with E-state index in [2.05, 4.69) is 10.3 Å². The number of carboxylic acids is 1. The van der Waals surface area contributed by atoms with E-state index in [4.69, 9.17) is 16.7 Å². The molecule has 2 N–H and O–H groups in total. The first-order chi connectivity index (χ1) is 15.4. The number of carbonyl (C=O) groups excluding carboxylic acids is 1. The average molecular weight is 449 g/mol. The Morgan fingerprint density at radius 2 is 1.88 bits per heavy atom. The van der Waals surface area contributed by atoms with Crippen LogP contribution in [0.3, 0.4) is 0 Å². The Labute approximate surface area is 192 Å². The smallest absolute Gasteiger partial charge is 0.303 e. The zero-order valence-corrected chi connectivity index (χ0v) is 18.6. The van der Waals surface area contributed by atoms with Crippen molar-refractivity contribution in [1.82, 2.24) is 4.98 Å². The average Bonchev–Trinajstić information content (AvgIpc) is 3.60. The van der Waals surface area contributed by atoms with Gasteiger partial charge in [0.1, 0.15) is 0 Å². The highest BCUT2D eigenvalue weighted by Gasteiger charge is 2.37. The quantitative estimate of drug-likeness (QED) is 0.452. The van der Waals surface area contributed by atoms with E-state index in [0.717, 1.165) is 46.3 Å². The Balaban J connectivity index is 1.53. The van der Waals surface area contributed by atoms with Gasteiger partial charge in [0.15, 0.2) is 0 Å². The van der Waals surface area contributed by atoms with Crippen LogP contribution in [0.4, 0.5) is 5.69 Å². The molecular weight excluding hydrogens is 424 g/mol. The molecule has 0 radical (unpaired) electrons. The summed E-state index contributed by atoms with van der Waals surface area (Å²) in [4.78, 5) is 28.4. The van der Waals surface area contributed by atoms with Gasteiger partial charge in [0, 0.05) is 30.1 Å². The molecule has 5 nitrogen and oxygen atoms in total. The number of anilines is 1. The Morgan fingerprint density at radius 1 is 1.12 bits per heavy atom. The number of nitrogens with one attached hydrogen (secondary N) is 1. The molecule has 1 atom stereocenters. The fraction of sp³-hybridized carbons (Fsp3) is 0.269. The second-order valence-electron chi connectivity index (χ2n) is 8.30. The lowest BCUT2D eigenvalue weighted by molar-refractivity contribution is -0.137.